The van der Waals surface area contributed by atoms with E-state index in [1.54, 1.807) is 6.07 Å². The number of ether oxygens (including phenoxy) is 1. The van der Waals surface area contributed by atoms with E-state index in [4.69, 9.17) is 13.6 Å². The second kappa shape index (κ2) is 8.06. The van der Waals surface area contributed by atoms with Gasteiger partial charge in [0.05, 0.1) is 11.1 Å². The molecule has 6 nitrogen and oxygen atoms in total. The molecule has 0 saturated heterocycles. The van der Waals surface area contributed by atoms with Gasteiger partial charge >= 0.3 is 11.6 Å². The Kier molecular flexibility index (Phi) is 5.05. The number of hydrogen-bond acceptors (Lipinski definition) is 6. The number of benzene rings is 2. The maximum absolute atomic E-state index is 13.2. The summed E-state index contributed by atoms with van der Waals surface area (Å²) in [4.78, 5) is 30.0. The molecule has 0 spiro atoms. The van der Waals surface area contributed by atoms with Gasteiger partial charge in [-0.05, 0) is 56.2 Å². The fourth-order valence-corrected chi connectivity index (χ4v) is 3.91. The minimum atomic E-state index is -0.511. The van der Waals surface area contributed by atoms with Gasteiger partial charge in [0, 0.05) is 22.4 Å². The monoisotopic (exact) mass is 439 g/mol. The van der Waals surface area contributed by atoms with Crippen molar-refractivity contribution < 1.29 is 18.4 Å². The molecule has 0 aliphatic rings. The summed E-state index contributed by atoms with van der Waals surface area (Å²) in [5.74, 6) is 0.817. The van der Waals surface area contributed by atoms with Gasteiger partial charge in [-0.3, -0.25) is 0 Å². The Labute approximate surface area is 189 Å². The van der Waals surface area contributed by atoms with Gasteiger partial charge in [-0.25, -0.2) is 14.6 Å². The van der Waals surface area contributed by atoms with E-state index in [9.17, 15) is 9.59 Å². The Hall–Kier alpha value is -4.19. The van der Waals surface area contributed by atoms with Crippen molar-refractivity contribution in [2.45, 2.75) is 27.4 Å². The summed E-state index contributed by atoms with van der Waals surface area (Å²) in [6.45, 7) is 5.64. The molecule has 0 radical (unpaired) electrons. The third-order valence-corrected chi connectivity index (χ3v) is 5.81. The van der Waals surface area contributed by atoms with Gasteiger partial charge in [0.1, 0.15) is 23.6 Å². The molecule has 3 heterocycles. The minimum Gasteiger partial charge on any atom is -0.460 e. The maximum atomic E-state index is 13.2. The third-order valence-electron chi connectivity index (χ3n) is 5.81. The van der Waals surface area contributed by atoms with E-state index in [1.807, 2.05) is 69.3 Å². The number of hydrogen-bond donors (Lipinski definition) is 0. The fourth-order valence-electron chi connectivity index (χ4n) is 3.91. The molecule has 0 unspecified atom stereocenters. The van der Waals surface area contributed by atoms with Crippen molar-refractivity contribution >= 4 is 27.8 Å². The van der Waals surface area contributed by atoms with Crippen LogP contribution >= 0.6 is 0 Å². The molecule has 3 aromatic heterocycles. The third kappa shape index (κ3) is 3.80. The second-order valence-corrected chi connectivity index (χ2v) is 8.03. The highest BCUT2D eigenvalue weighted by Gasteiger charge is 2.18. The van der Waals surface area contributed by atoms with Gasteiger partial charge in [-0.15, -0.1) is 0 Å². The summed E-state index contributed by atoms with van der Waals surface area (Å²) in [6, 6.07) is 17.9. The van der Waals surface area contributed by atoms with E-state index in [2.05, 4.69) is 4.98 Å². The molecule has 0 atom stereocenters. The van der Waals surface area contributed by atoms with E-state index in [0.29, 0.717) is 39.1 Å². The number of furan rings is 1. The van der Waals surface area contributed by atoms with E-state index < -0.39 is 11.6 Å². The summed E-state index contributed by atoms with van der Waals surface area (Å²) in [5.41, 5.74) is 4.12. The number of carbonyl (C=O) groups is 1. The normalized spacial score (nSPS) is 11.2. The minimum absolute atomic E-state index is 0.0602. The van der Waals surface area contributed by atoms with Crippen molar-refractivity contribution in [2.24, 2.45) is 0 Å². The Bertz CT molecular complexity index is 1590. The van der Waals surface area contributed by atoms with Crippen LogP contribution in [0.5, 0.6) is 0 Å². The van der Waals surface area contributed by atoms with Gasteiger partial charge in [0.25, 0.3) is 0 Å². The molecule has 6 heteroatoms. The predicted octanol–water partition coefficient (Wildman–Crippen LogP) is 5.88. The summed E-state index contributed by atoms with van der Waals surface area (Å²) >= 11 is 0. The van der Waals surface area contributed by atoms with Crippen LogP contribution in [0.25, 0.3) is 33.3 Å². The molecule has 0 saturated carbocycles. The molecule has 0 amide bonds. The van der Waals surface area contributed by atoms with Gasteiger partial charge < -0.3 is 13.6 Å². The highest BCUT2D eigenvalue weighted by molar-refractivity contribution is 6.04. The molecule has 0 fully saturated rings. The standard InChI is InChI=1S/C27H21NO5/c1-15-8-10-19-18(12-25(29)33-26(19)17(15)3)14-31-27(30)21-13-23(24-11-9-16(2)32-24)28-22-7-5-4-6-20(21)22/h4-13H,14H2,1-3H3. The molecule has 5 aromatic rings. The van der Waals surface area contributed by atoms with Gasteiger partial charge in [0.2, 0.25) is 0 Å². The van der Waals surface area contributed by atoms with Crippen molar-refractivity contribution in [2.75, 3.05) is 0 Å². The van der Waals surface area contributed by atoms with Crippen LogP contribution in [0.3, 0.4) is 0 Å². The summed E-state index contributed by atoms with van der Waals surface area (Å²) < 4.78 is 16.8. The molecule has 5 rings (SSSR count). The predicted molar refractivity (Wildman–Crippen MR) is 125 cm³/mol. The van der Waals surface area contributed by atoms with Crippen LogP contribution < -0.4 is 5.63 Å². The van der Waals surface area contributed by atoms with E-state index in [0.717, 1.165) is 22.3 Å². The smallest absolute Gasteiger partial charge is 0.339 e. The van der Waals surface area contributed by atoms with Gasteiger partial charge in [-0.2, -0.15) is 0 Å². The van der Waals surface area contributed by atoms with Gasteiger partial charge in [-0.1, -0.05) is 30.3 Å². The van der Waals surface area contributed by atoms with Crippen LogP contribution in [-0.4, -0.2) is 11.0 Å². The molecule has 2 aromatic carbocycles. The molecule has 33 heavy (non-hydrogen) atoms. The zero-order valence-electron chi connectivity index (χ0n) is 18.5. The zero-order valence-corrected chi connectivity index (χ0v) is 18.5. The average Bonchev–Trinajstić information content (AvgIpc) is 3.25. The largest absolute Gasteiger partial charge is 0.460 e. The molecule has 0 aliphatic heterocycles. The molecule has 0 N–H and O–H groups in total. The topological polar surface area (TPSA) is 82.5 Å². The number of rotatable bonds is 4. The Balaban J connectivity index is 1.53. The van der Waals surface area contributed by atoms with E-state index >= 15 is 0 Å². The lowest BCUT2D eigenvalue weighted by atomic mass is 10.0. The van der Waals surface area contributed by atoms with Crippen LogP contribution in [0, 0.1) is 20.8 Å². The first-order valence-electron chi connectivity index (χ1n) is 10.6. The quantitative estimate of drug-likeness (QED) is 0.257. The molecule has 0 aliphatic carbocycles. The second-order valence-electron chi connectivity index (χ2n) is 8.03. The first-order chi connectivity index (χ1) is 15.9. The van der Waals surface area contributed by atoms with E-state index in [-0.39, 0.29) is 6.61 Å². The molecule has 164 valence electrons. The highest BCUT2D eigenvalue weighted by atomic mass is 16.5. The lowest BCUT2D eigenvalue weighted by molar-refractivity contribution is 0.0476. The van der Waals surface area contributed by atoms with Crippen molar-refractivity contribution in [1.29, 1.82) is 0 Å². The number of esters is 1. The van der Waals surface area contributed by atoms with Gasteiger partial charge in [0.15, 0.2) is 5.76 Å². The van der Waals surface area contributed by atoms with Crippen LogP contribution in [0.1, 0.15) is 32.8 Å². The average molecular weight is 439 g/mol. The van der Waals surface area contributed by atoms with Crippen molar-refractivity contribution in [1.82, 2.24) is 4.98 Å². The Morgan fingerprint density at radius 3 is 2.55 bits per heavy atom. The molecular formula is C27H21NO5. The van der Waals surface area contributed by atoms with E-state index in [1.165, 1.54) is 6.07 Å². The summed E-state index contributed by atoms with van der Waals surface area (Å²) in [5, 5.41) is 1.43. The lowest BCUT2D eigenvalue weighted by Gasteiger charge is -2.11. The first kappa shape index (κ1) is 20.7. The number of fused-ring (bicyclic) bond motifs is 2. The van der Waals surface area contributed by atoms with Crippen molar-refractivity contribution in [3.8, 4) is 11.5 Å². The summed E-state index contributed by atoms with van der Waals surface area (Å²) in [7, 11) is 0. The number of carbonyl (C=O) groups excluding carboxylic acids is 1. The number of aromatic nitrogens is 1. The Morgan fingerprint density at radius 2 is 1.76 bits per heavy atom. The SMILES string of the molecule is Cc1ccc(-c2cc(C(=O)OCc3cc(=O)oc4c(C)c(C)ccc34)c3ccccc3n2)o1. The van der Waals surface area contributed by atoms with Crippen LogP contribution in [0.2, 0.25) is 0 Å². The molecule has 0 bridgehead atoms. The maximum Gasteiger partial charge on any atom is 0.339 e. The Morgan fingerprint density at radius 1 is 0.939 bits per heavy atom. The molecular weight excluding hydrogens is 418 g/mol. The van der Waals surface area contributed by atoms with Crippen LogP contribution in [-0.2, 0) is 11.3 Å². The highest BCUT2D eigenvalue weighted by Crippen LogP contribution is 2.28. The number of aryl methyl sites for hydroxylation is 3. The first-order valence-corrected chi connectivity index (χ1v) is 10.6. The number of para-hydroxylation sites is 1. The zero-order chi connectivity index (χ0) is 23.1. The van der Waals surface area contributed by atoms with Crippen LogP contribution in [0.15, 0.2) is 74.3 Å². The summed E-state index contributed by atoms with van der Waals surface area (Å²) in [6.07, 6.45) is 0. The number of nitrogens with zero attached hydrogens (tertiary/aromatic N) is 1. The van der Waals surface area contributed by atoms with Crippen LogP contribution in [0.4, 0.5) is 0 Å². The van der Waals surface area contributed by atoms with Crippen molar-refractivity contribution in [3.63, 3.8) is 0 Å². The lowest BCUT2D eigenvalue weighted by Crippen LogP contribution is -2.09. The fraction of sp³-hybridized carbons (Fsp3) is 0.148. The number of pyridine rings is 1. The van der Waals surface area contributed by atoms with Crippen molar-refractivity contribution in [3.05, 3.63) is 99.1 Å².